The molecule has 1 aromatic rings. The molecule has 1 fully saturated rings. The molecular formula is C8H13N3S2. The van der Waals surface area contributed by atoms with Crippen molar-refractivity contribution in [3.63, 3.8) is 0 Å². The van der Waals surface area contributed by atoms with Gasteiger partial charge in [0.1, 0.15) is 10.0 Å². The van der Waals surface area contributed by atoms with E-state index in [1.165, 1.54) is 22.9 Å². The van der Waals surface area contributed by atoms with Gasteiger partial charge in [-0.3, -0.25) is 0 Å². The summed E-state index contributed by atoms with van der Waals surface area (Å²) in [6.45, 7) is 1.95. The van der Waals surface area contributed by atoms with Crippen molar-refractivity contribution in [3.05, 3.63) is 10.0 Å². The van der Waals surface area contributed by atoms with Crippen LogP contribution in [0.2, 0.25) is 0 Å². The molecule has 2 rings (SSSR count). The molecule has 0 radical (unpaired) electrons. The molecule has 1 aromatic heterocycles. The first-order chi connectivity index (χ1) is 6.27. The Morgan fingerprint density at radius 3 is 2.92 bits per heavy atom. The summed E-state index contributed by atoms with van der Waals surface area (Å²) in [4.78, 5) is 0. The maximum atomic E-state index is 5.73. The number of nitrogens with zero attached hydrogens (tertiary/aromatic N) is 2. The summed E-state index contributed by atoms with van der Waals surface area (Å²) in [6, 6.07) is 0.0281. The summed E-state index contributed by atoms with van der Waals surface area (Å²) in [5.74, 6) is 3.10. The Bertz CT molecular complexity index is 279. The van der Waals surface area contributed by atoms with E-state index in [1.807, 2.05) is 18.7 Å². The Kier molecular flexibility index (Phi) is 2.86. The molecule has 2 N–H and O–H groups in total. The second-order valence-corrected chi connectivity index (χ2v) is 5.52. The van der Waals surface area contributed by atoms with E-state index in [0.717, 1.165) is 5.01 Å². The van der Waals surface area contributed by atoms with Gasteiger partial charge in [-0.2, -0.15) is 11.8 Å². The van der Waals surface area contributed by atoms with Gasteiger partial charge in [-0.15, -0.1) is 10.2 Å². The zero-order valence-corrected chi connectivity index (χ0v) is 9.20. The van der Waals surface area contributed by atoms with Crippen LogP contribution in [0.3, 0.4) is 0 Å². The highest BCUT2D eigenvalue weighted by Crippen LogP contribution is 2.34. The first kappa shape index (κ1) is 9.43. The van der Waals surface area contributed by atoms with Crippen molar-refractivity contribution < 1.29 is 0 Å². The topological polar surface area (TPSA) is 51.8 Å². The lowest BCUT2D eigenvalue weighted by Gasteiger charge is -2.00. The lowest BCUT2D eigenvalue weighted by atomic mass is 10.1. The predicted molar refractivity (Wildman–Crippen MR) is 57.2 cm³/mol. The largest absolute Gasteiger partial charge is 0.322 e. The van der Waals surface area contributed by atoms with Gasteiger partial charge < -0.3 is 5.73 Å². The van der Waals surface area contributed by atoms with Gasteiger partial charge in [0.15, 0.2) is 0 Å². The van der Waals surface area contributed by atoms with Crippen molar-refractivity contribution in [1.29, 1.82) is 0 Å². The minimum absolute atomic E-state index is 0.0281. The van der Waals surface area contributed by atoms with Gasteiger partial charge in [-0.1, -0.05) is 11.3 Å². The van der Waals surface area contributed by atoms with Crippen LogP contribution in [0.4, 0.5) is 0 Å². The molecule has 72 valence electrons. The molecule has 3 nitrogen and oxygen atoms in total. The second kappa shape index (κ2) is 3.94. The zero-order valence-electron chi connectivity index (χ0n) is 7.56. The lowest BCUT2D eigenvalue weighted by Crippen LogP contribution is -2.03. The minimum Gasteiger partial charge on any atom is -0.322 e. The van der Waals surface area contributed by atoms with E-state index in [0.29, 0.717) is 5.92 Å². The van der Waals surface area contributed by atoms with Crippen LogP contribution in [0, 0.1) is 0 Å². The third-order valence-electron chi connectivity index (χ3n) is 2.12. The molecule has 2 heterocycles. The third kappa shape index (κ3) is 2.03. The first-order valence-electron chi connectivity index (χ1n) is 4.44. The highest BCUT2D eigenvalue weighted by molar-refractivity contribution is 7.99. The number of aromatic nitrogens is 2. The highest BCUT2D eigenvalue weighted by Gasteiger charge is 2.21. The van der Waals surface area contributed by atoms with Crippen LogP contribution in [-0.4, -0.2) is 21.7 Å². The zero-order chi connectivity index (χ0) is 9.26. The molecular weight excluding hydrogens is 202 g/mol. The molecule has 0 aliphatic carbocycles. The molecule has 0 amide bonds. The van der Waals surface area contributed by atoms with E-state index in [4.69, 9.17) is 5.73 Å². The fourth-order valence-electron chi connectivity index (χ4n) is 1.32. The van der Waals surface area contributed by atoms with E-state index >= 15 is 0 Å². The van der Waals surface area contributed by atoms with Crippen LogP contribution in [0.1, 0.15) is 35.3 Å². The van der Waals surface area contributed by atoms with Crippen molar-refractivity contribution in [2.24, 2.45) is 5.73 Å². The molecule has 1 saturated heterocycles. The summed E-state index contributed by atoms with van der Waals surface area (Å²) < 4.78 is 0. The summed E-state index contributed by atoms with van der Waals surface area (Å²) in [5, 5.41) is 10.4. The average Bonchev–Trinajstić information content (AvgIpc) is 2.75. The van der Waals surface area contributed by atoms with Crippen LogP contribution in [-0.2, 0) is 0 Å². The van der Waals surface area contributed by atoms with Crippen molar-refractivity contribution in [2.75, 3.05) is 11.5 Å². The Hall–Kier alpha value is -0.130. The van der Waals surface area contributed by atoms with Crippen LogP contribution >= 0.6 is 23.1 Å². The van der Waals surface area contributed by atoms with Gasteiger partial charge in [-0.25, -0.2) is 0 Å². The van der Waals surface area contributed by atoms with Crippen molar-refractivity contribution in [1.82, 2.24) is 10.2 Å². The molecule has 0 saturated carbocycles. The monoisotopic (exact) mass is 215 g/mol. The first-order valence-corrected chi connectivity index (χ1v) is 6.41. The van der Waals surface area contributed by atoms with Crippen LogP contribution in [0.5, 0.6) is 0 Å². The number of nitrogens with two attached hydrogens (primary N) is 1. The van der Waals surface area contributed by atoms with E-state index in [1.54, 1.807) is 11.3 Å². The molecule has 13 heavy (non-hydrogen) atoms. The Labute approximate surface area is 86.1 Å². The minimum atomic E-state index is 0.0281. The third-order valence-corrected chi connectivity index (χ3v) is 4.57. The predicted octanol–water partition coefficient (Wildman–Crippen LogP) is 1.78. The van der Waals surface area contributed by atoms with E-state index < -0.39 is 0 Å². The van der Waals surface area contributed by atoms with Crippen molar-refractivity contribution in [2.45, 2.75) is 25.3 Å². The molecule has 1 aliphatic heterocycles. The molecule has 2 atom stereocenters. The van der Waals surface area contributed by atoms with Crippen LogP contribution < -0.4 is 5.73 Å². The Balaban J connectivity index is 2.12. The fourth-order valence-corrected chi connectivity index (χ4v) is 3.59. The number of thioether (sulfide) groups is 1. The standard InChI is InChI=1S/C8H13N3S2/c1-5(9)7-10-11-8(13-7)6-2-3-12-4-6/h5-6H,2-4,9H2,1H3. The average molecular weight is 215 g/mol. The van der Waals surface area contributed by atoms with Crippen molar-refractivity contribution in [3.8, 4) is 0 Å². The number of hydrogen-bond acceptors (Lipinski definition) is 5. The van der Waals surface area contributed by atoms with Crippen molar-refractivity contribution >= 4 is 23.1 Å². The maximum Gasteiger partial charge on any atom is 0.133 e. The molecule has 0 bridgehead atoms. The van der Waals surface area contributed by atoms with Crippen LogP contribution in [0.15, 0.2) is 0 Å². The van der Waals surface area contributed by atoms with Gasteiger partial charge in [0, 0.05) is 11.7 Å². The van der Waals surface area contributed by atoms with Crippen LogP contribution in [0.25, 0.3) is 0 Å². The summed E-state index contributed by atoms with van der Waals surface area (Å²) >= 11 is 3.68. The molecule has 2 unspecified atom stereocenters. The quantitative estimate of drug-likeness (QED) is 0.817. The smallest absolute Gasteiger partial charge is 0.133 e. The lowest BCUT2D eigenvalue weighted by molar-refractivity contribution is 0.742. The van der Waals surface area contributed by atoms with E-state index in [9.17, 15) is 0 Å². The van der Waals surface area contributed by atoms with Gasteiger partial charge in [0.05, 0.1) is 6.04 Å². The summed E-state index contributed by atoms with van der Waals surface area (Å²) in [6.07, 6.45) is 1.25. The van der Waals surface area contributed by atoms with Gasteiger partial charge in [0.25, 0.3) is 0 Å². The SMILES string of the molecule is CC(N)c1nnc(C2CCSC2)s1. The molecule has 5 heteroatoms. The summed E-state index contributed by atoms with van der Waals surface area (Å²) in [7, 11) is 0. The van der Waals surface area contributed by atoms with Gasteiger partial charge in [-0.05, 0) is 19.1 Å². The fraction of sp³-hybridized carbons (Fsp3) is 0.750. The van der Waals surface area contributed by atoms with Gasteiger partial charge in [0.2, 0.25) is 0 Å². The normalized spacial score (nSPS) is 24.9. The molecule has 0 aromatic carbocycles. The Morgan fingerprint density at radius 2 is 2.38 bits per heavy atom. The highest BCUT2D eigenvalue weighted by atomic mass is 32.2. The second-order valence-electron chi connectivity index (χ2n) is 3.33. The molecule has 0 spiro atoms. The number of rotatable bonds is 2. The Morgan fingerprint density at radius 1 is 1.54 bits per heavy atom. The van der Waals surface area contributed by atoms with E-state index in [-0.39, 0.29) is 6.04 Å². The molecule has 1 aliphatic rings. The summed E-state index contributed by atoms with van der Waals surface area (Å²) in [5.41, 5.74) is 5.73. The van der Waals surface area contributed by atoms with Gasteiger partial charge >= 0.3 is 0 Å². The van der Waals surface area contributed by atoms with E-state index in [2.05, 4.69) is 10.2 Å². The number of hydrogen-bond donors (Lipinski definition) is 1. The maximum absolute atomic E-state index is 5.73.